The molecule has 1 spiro atoms. The Hall–Kier alpha value is -2.92. The fourth-order valence-corrected chi connectivity index (χ4v) is 4.51. The second-order valence-electron chi connectivity index (χ2n) is 7.74. The summed E-state index contributed by atoms with van der Waals surface area (Å²) in [6.07, 6.45) is 6.53. The van der Waals surface area contributed by atoms with Crippen LogP contribution in [0.5, 0.6) is 0 Å². The predicted molar refractivity (Wildman–Crippen MR) is 107 cm³/mol. The summed E-state index contributed by atoms with van der Waals surface area (Å²) in [7, 11) is 1.89. The Morgan fingerprint density at radius 1 is 1.21 bits per heavy atom. The Bertz CT molecular complexity index is 1090. The second-order valence-corrected chi connectivity index (χ2v) is 7.74. The fraction of sp³-hybridized carbons (Fsp3) is 0.304. The minimum Gasteiger partial charge on any atom is -0.392 e. The maximum absolute atomic E-state index is 13.2. The van der Waals surface area contributed by atoms with Crippen molar-refractivity contribution in [2.75, 3.05) is 7.05 Å². The maximum Gasteiger partial charge on any atom is 0.271 e. The number of hydrogen-bond acceptors (Lipinski definition) is 3. The normalized spacial score (nSPS) is 16.7. The van der Waals surface area contributed by atoms with Crippen molar-refractivity contribution in [3.8, 4) is 16.8 Å². The standard InChI is InChI=1S/C23H23N3O2/c1-3-19-17(5-4-10-24-19)16-6-7-18-20(12-16)26-13-15(14-27)11-21(26)22(28)25(2)23(18)8-9-23/h4-7,10-13,27H,3,8-9,14H2,1-2H3. The molecule has 0 radical (unpaired) electrons. The average molecular weight is 373 g/mol. The molecule has 5 heteroatoms. The van der Waals surface area contributed by atoms with Crippen LogP contribution in [-0.2, 0) is 18.6 Å². The van der Waals surface area contributed by atoms with Crippen LogP contribution in [0.3, 0.4) is 0 Å². The smallest absolute Gasteiger partial charge is 0.271 e. The van der Waals surface area contributed by atoms with Crippen LogP contribution >= 0.6 is 0 Å². The van der Waals surface area contributed by atoms with Crippen LogP contribution in [0.4, 0.5) is 0 Å². The van der Waals surface area contributed by atoms with E-state index in [0.29, 0.717) is 5.69 Å². The van der Waals surface area contributed by atoms with E-state index >= 15 is 0 Å². The van der Waals surface area contributed by atoms with E-state index in [1.165, 1.54) is 5.56 Å². The molecule has 0 bridgehead atoms. The molecule has 3 heterocycles. The Morgan fingerprint density at radius 2 is 2.04 bits per heavy atom. The molecule has 1 aliphatic heterocycles. The van der Waals surface area contributed by atoms with E-state index in [1.807, 2.05) is 35.0 Å². The minimum absolute atomic E-state index is 0.00516. The Morgan fingerprint density at radius 3 is 2.75 bits per heavy atom. The molecule has 1 saturated carbocycles. The van der Waals surface area contributed by atoms with Gasteiger partial charge in [0.1, 0.15) is 5.69 Å². The third-order valence-electron chi connectivity index (χ3n) is 6.24. The quantitative estimate of drug-likeness (QED) is 0.762. The van der Waals surface area contributed by atoms with Gasteiger partial charge in [0.2, 0.25) is 0 Å². The molecule has 0 atom stereocenters. The number of pyridine rings is 1. The lowest BCUT2D eigenvalue weighted by atomic mass is 9.95. The number of carbonyl (C=O) groups excluding carboxylic acids is 1. The van der Waals surface area contributed by atoms with Crippen LogP contribution in [0, 0.1) is 0 Å². The molecule has 5 rings (SSSR count). The summed E-state index contributed by atoms with van der Waals surface area (Å²) in [5.41, 5.74) is 6.62. The zero-order valence-electron chi connectivity index (χ0n) is 16.1. The van der Waals surface area contributed by atoms with Crippen LogP contribution in [0.2, 0.25) is 0 Å². The largest absolute Gasteiger partial charge is 0.392 e. The number of fused-ring (bicyclic) bond motifs is 4. The molecule has 1 N–H and O–H groups in total. The van der Waals surface area contributed by atoms with E-state index in [2.05, 4.69) is 36.2 Å². The Balaban J connectivity index is 1.77. The first-order valence-corrected chi connectivity index (χ1v) is 9.78. The van der Waals surface area contributed by atoms with Crippen molar-refractivity contribution in [1.29, 1.82) is 0 Å². The average Bonchev–Trinajstić information content (AvgIpc) is 3.44. The van der Waals surface area contributed by atoms with Gasteiger partial charge in [0.25, 0.3) is 5.91 Å². The van der Waals surface area contributed by atoms with E-state index in [0.717, 1.165) is 47.3 Å². The summed E-state index contributed by atoms with van der Waals surface area (Å²) < 4.78 is 1.96. The van der Waals surface area contributed by atoms with E-state index in [4.69, 9.17) is 0 Å². The van der Waals surface area contributed by atoms with Gasteiger partial charge >= 0.3 is 0 Å². The van der Waals surface area contributed by atoms with Crippen molar-refractivity contribution in [2.45, 2.75) is 38.3 Å². The highest BCUT2D eigenvalue weighted by molar-refractivity contribution is 5.96. The molecule has 2 aliphatic rings. The molecule has 1 aromatic carbocycles. The predicted octanol–water partition coefficient (Wildman–Crippen LogP) is 3.67. The summed E-state index contributed by atoms with van der Waals surface area (Å²) in [5.74, 6) is 0.00516. The summed E-state index contributed by atoms with van der Waals surface area (Å²) in [6, 6.07) is 12.4. The van der Waals surface area contributed by atoms with Gasteiger partial charge < -0.3 is 14.6 Å². The maximum atomic E-state index is 13.2. The molecule has 1 fully saturated rings. The molecule has 0 saturated heterocycles. The molecular weight excluding hydrogens is 350 g/mol. The molecule has 5 nitrogen and oxygen atoms in total. The van der Waals surface area contributed by atoms with Crippen molar-refractivity contribution in [3.63, 3.8) is 0 Å². The second kappa shape index (κ2) is 6.04. The number of carbonyl (C=O) groups is 1. The lowest BCUT2D eigenvalue weighted by Crippen LogP contribution is -2.36. The number of rotatable bonds is 3. The minimum atomic E-state index is -0.216. The fourth-order valence-electron chi connectivity index (χ4n) is 4.51. The van der Waals surface area contributed by atoms with Gasteiger partial charge in [-0.2, -0.15) is 0 Å². The van der Waals surface area contributed by atoms with Gasteiger partial charge in [0.05, 0.1) is 17.8 Å². The molecule has 2 aromatic heterocycles. The van der Waals surface area contributed by atoms with Crippen LogP contribution in [0.25, 0.3) is 16.8 Å². The summed E-state index contributed by atoms with van der Waals surface area (Å²) in [6.45, 7) is 2.03. The van der Waals surface area contributed by atoms with Crippen molar-refractivity contribution in [1.82, 2.24) is 14.5 Å². The number of nitrogens with zero attached hydrogens (tertiary/aromatic N) is 3. The van der Waals surface area contributed by atoms with Crippen LogP contribution < -0.4 is 0 Å². The molecule has 1 amide bonds. The SMILES string of the molecule is CCc1ncccc1-c1ccc2c(c1)-n1cc(CO)cc1C(=O)N(C)C21CC1. The lowest BCUT2D eigenvalue weighted by Gasteiger charge is -2.27. The van der Waals surface area contributed by atoms with Crippen LogP contribution in [0.15, 0.2) is 48.8 Å². The highest BCUT2D eigenvalue weighted by Crippen LogP contribution is 2.54. The van der Waals surface area contributed by atoms with Crippen molar-refractivity contribution in [3.05, 3.63) is 71.3 Å². The molecule has 1 aliphatic carbocycles. The zero-order chi connectivity index (χ0) is 19.5. The highest BCUT2D eigenvalue weighted by Gasteiger charge is 2.53. The topological polar surface area (TPSA) is 58.4 Å². The first-order chi connectivity index (χ1) is 13.6. The number of benzene rings is 1. The number of amides is 1. The molecule has 3 aromatic rings. The van der Waals surface area contributed by atoms with Crippen molar-refractivity contribution < 1.29 is 9.90 Å². The van der Waals surface area contributed by atoms with Gasteiger partial charge in [-0.3, -0.25) is 9.78 Å². The highest BCUT2D eigenvalue weighted by atomic mass is 16.3. The summed E-state index contributed by atoms with van der Waals surface area (Å²) in [4.78, 5) is 19.6. The number of aryl methyl sites for hydroxylation is 1. The van der Waals surface area contributed by atoms with Gasteiger partial charge in [-0.25, -0.2) is 0 Å². The third-order valence-corrected chi connectivity index (χ3v) is 6.24. The Kier molecular flexibility index (Phi) is 3.71. The van der Waals surface area contributed by atoms with Gasteiger partial charge in [-0.1, -0.05) is 25.1 Å². The third kappa shape index (κ3) is 2.29. The first kappa shape index (κ1) is 17.2. The van der Waals surface area contributed by atoms with Gasteiger partial charge in [-0.05, 0) is 48.6 Å². The zero-order valence-corrected chi connectivity index (χ0v) is 16.1. The summed E-state index contributed by atoms with van der Waals surface area (Å²) in [5, 5.41) is 9.63. The van der Waals surface area contributed by atoms with Crippen LogP contribution in [0.1, 0.15) is 47.1 Å². The van der Waals surface area contributed by atoms with E-state index in [9.17, 15) is 9.90 Å². The Labute approximate surface area is 164 Å². The van der Waals surface area contributed by atoms with E-state index in [1.54, 1.807) is 6.07 Å². The van der Waals surface area contributed by atoms with Crippen LogP contribution in [-0.4, -0.2) is 32.5 Å². The number of aliphatic hydroxyl groups excluding tert-OH is 1. The summed E-state index contributed by atoms with van der Waals surface area (Å²) >= 11 is 0. The van der Waals surface area contributed by atoms with Crippen molar-refractivity contribution >= 4 is 5.91 Å². The number of aliphatic hydroxyl groups is 1. The number of hydrogen-bond donors (Lipinski definition) is 1. The molecule has 28 heavy (non-hydrogen) atoms. The van der Waals surface area contributed by atoms with E-state index < -0.39 is 0 Å². The van der Waals surface area contributed by atoms with Crippen molar-refractivity contribution in [2.24, 2.45) is 0 Å². The van der Waals surface area contributed by atoms with E-state index in [-0.39, 0.29) is 18.1 Å². The van der Waals surface area contributed by atoms with Gasteiger partial charge in [0.15, 0.2) is 0 Å². The lowest BCUT2D eigenvalue weighted by molar-refractivity contribution is 0.0705. The number of aromatic nitrogens is 2. The molecule has 0 unspecified atom stereocenters. The first-order valence-electron chi connectivity index (χ1n) is 9.78. The van der Waals surface area contributed by atoms with Gasteiger partial charge in [0, 0.05) is 36.3 Å². The van der Waals surface area contributed by atoms with Gasteiger partial charge in [-0.15, -0.1) is 0 Å². The molecule has 142 valence electrons. The monoisotopic (exact) mass is 373 g/mol. The molecular formula is C23H23N3O2.